The van der Waals surface area contributed by atoms with Crippen molar-refractivity contribution in [2.24, 2.45) is 11.8 Å². The first kappa shape index (κ1) is 18.0. The number of rotatable bonds is 3. The lowest BCUT2D eigenvalue weighted by Gasteiger charge is -2.11. The van der Waals surface area contributed by atoms with Gasteiger partial charge in [0.15, 0.2) is 0 Å². The number of halogens is 1. The van der Waals surface area contributed by atoms with E-state index in [4.69, 9.17) is 22.1 Å². The third kappa shape index (κ3) is 3.29. The Labute approximate surface area is 167 Å². The van der Waals surface area contributed by atoms with Crippen molar-refractivity contribution < 1.29 is 4.79 Å². The zero-order valence-corrected chi connectivity index (χ0v) is 15.8. The van der Waals surface area contributed by atoms with Crippen LogP contribution in [0.2, 0.25) is 5.02 Å². The SMILES string of the molecule is Cc1cc(C#N)ccc1-c1cc(Cl)c2cnc(NC(=O)[C@H]3C[C@@H]3C#N)cc2c1. The smallest absolute Gasteiger partial charge is 0.230 e. The van der Waals surface area contributed by atoms with Gasteiger partial charge in [-0.2, -0.15) is 10.5 Å². The minimum Gasteiger partial charge on any atom is -0.310 e. The second-order valence-electron chi connectivity index (χ2n) is 6.96. The molecule has 1 aromatic heterocycles. The largest absolute Gasteiger partial charge is 0.310 e. The van der Waals surface area contributed by atoms with Crippen molar-refractivity contribution in [3.05, 3.63) is 58.7 Å². The highest BCUT2D eigenvalue weighted by Gasteiger charge is 2.43. The number of amides is 1. The number of carbonyl (C=O) groups is 1. The molecule has 0 radical (unpaired) electrons. The van der Waals surface area contributed by atoms with Gasteiger partial charge in [-0.3, -0.25) is 4.79 Å². The van der Waals surface area contributed by atoms with Gasteiger partial charge in [-0.05, 0) is 65.8 Å². The fraction of sp³-hybridized carbons (Fsp3) is 0.182. The highest BCUT2D eigenvalue weighted by Crippen LogP contribution is 2.39. The average Bonchev–Trinajstić information content (AvgIpc) is 3.47. The number of nitrogens with one attached hydrogen (secondary N) is 1. The Balaban J connectivity index is 1.70. The van der Waals surface area contributed by atoms with E-state index in [-0.39, 0.29) is 17.7 Å². The number of aryl methyl sites for hydroxylation is 1. The Morgan fingerprint density at radius 2 is 2.07 bits per heavy atom. The number of fused-ring (bicyclic) bond motifs is 1. The molecule has 2 aromatic carbocycles. The van der Waals surface area contributed by atoms with Gasteiger partial charge in [0, 0.05) is 11.6 Å². The summed E-state index contributed by atoms with van der Waals surface area (Å²) in [6.45, 7) is 1.95. The van der Waals surface area contributed by atoms with Crippen molar-refractivity contribution in [3.8, 4) is 23.3 Å². The van der Waals surface area contributed by atoms with Crippen LogP contribution >= 0.6 is 11.6 Å². The molecule has 5 nitrogen and oxygen atoms in total. The van der Waals surface area contributed by atoms with Gasteiger partial charge >= 0.3 is 0 Å². The van der Waals surface area contributed by atoms with Crippen molar-refractivity contribution >= 4 is 34.1 Å². The van der Waals surface area contributed by atoms with Gasteiger partial charge < -0.3 is 5.32 Å². The molecule has 0 aliphatic heterocycles. The molecule has 0 spiro atoms. The Hall–Kier alpha value is -3.41. The van der Waals surface area contributed by atoms with Gasteiger partial charge in [-0.25, -0.2) is 4.98 Å². The van der Waals surface area contributed by atoms with Crippen LogP contribution < -0.4 is 5.32 Å². The van der Waals surface area contributed by atoms with E-state index < -0.39 is 0 Å². The molecule has 0 unspecified atom stereocenters. The van der Waals surface area contributed by atoms with Crippen LogP contribution in [0.15, 0.2) is 42.6 Å². The van der Waals surface area contributed by atoms with Crippen LogP contribution in [0, 0.1) is 41.4 Å². The van der Waals surface area contributed by atoms with Gasteiger partial charge in [0.05, 0.1) is 34.6 Å². The lowest BCUT2D eigenvalue weighted by molar-refractivity contribution is -0.117. The fourth-order valence-electron chi connectivity index (χ4n) is 3.34. The normalized spacial score (nSPS) is 17.6. The number of nitrogens with zero attached hydrogens (tertiary/aromatic N) is 3. The number of pyridine rings is 1. The molecule has 1 saturated carbocycles. The van der Waals surface area contributed by atoms with E-state index in [0.29, 0.717) is 22.8 Å². The average molecular weight is 387 g/mol. The summed E-state index contributed by atoms with van der Waals surface area (Å²) in [5.74, 6) is -0.186. The Bertz CT molecular complexity index is 1210. The third-order valence-corrected chi connectivity index (χ3v) is 5.31. The molecule has 1 aliphatic carbocycles. The summed E-state index contributed by atoms with van der Waals surface area (Å²) in [5, 5.41) is 22.9. The molecule has 28 heavy (non-hydrogen) atoms. The molecule has 2 atom stereocenters. The topological polar surface area (TPSA) is 89.6 Å². The second kappa shape index (κ2) is 6.96. The van der Waals surface area contributed by atoms with Gasteiger partial charge in [0.1, 0.15) is 5.82 Å². The van der Waals surface area contributed by atoms with Crippen LogP contribution in [0.4, 0.5) is 5.82 Å². The Morgan fingerprint density at radius 3 is 2.75 bits per heavy atom. The summed E-state index contributed by atoms with van der Waals surface area (Å²) < 4.78 is 0. The van der Waals surface area contributed by atoms with E-state index in [9.17, 15) is 4.79 Å². The number of carbonyl (C=O) groups excluding carboxylic acids is 1. The first-order chi connectivity index (χ1) is 13.5. The summed E-state index contributed by atoms with van der Waals surface area (Å²) in [6, 6.07) is 15.4. The molecule has 0 saturated heterocycles. The Morgan fingerprint density at radius 1 is 1.25 bits per heavy atom. The molecule has 3 aromatic rings. The molecule has 1 aliphatic rings. The Kier molecular flexibility index (Phi) is 4.47. The van der Waals surface area contributed by atoms with Crippen molar-refractivity contribution in [1.82, 2.24) is 4.98 Å². The highest BCUT2D eigenvalue weighted by atomic mass is 35.5. The first-order valence-corrected chi connectivity index (χ1v) is 9.19. The molecular weight excluding hydrogens is 372 g/mol. The van der Waals surface area contributed by atoms with Crippen LogP contribution in [0.1, 0.15) is 17.5 Å². The van der Waals surface area contributed by atoms with E-state index in [2.05, 4.69) is 22.4 Å². The van der Waals surface area contributed by atoms with Crippen LogP contribution in [-0.2, 0) is 4.79 Å². The van der Waals surface area contributed by atoms with E-state index in [1.54, 1.807) is 18.3 Å². The van der Waals surface area contributed by atoms with Gasteiger partial charge in [0.2, 0.25) is 5.91 Å². The molecule has 0 bridgehead atoms. The molecule has 6 heteroatoms. The highest BCUT2D eigenvalue weighted by molar-refractivity contribution is 6.36. The molecule has 1 N–H and O–H groups in total. The minimum absolute atomic E-state index is 0.177. The molecule has 1 amide bonds. The maximum atomic E-state index is 12.2. The monoisotopic (exact) mass is 386 g/mol. The van der Waals surface area contributed by atoms with E-state index in [1.165, 1.54) is 0 Å². The first-order valence-electron chi connectivity index (χ1n) is 8.81. The van der Waals surface area contributed by atoms with E-state index in [1.807, 2.05) is 31.2 Å². The van der Waals surface area contributed by atoms with E-state index >= 15 is 0 Å². The van der Waals surface area contributed by atoms with Gasteiger partial charge in [-0.15, -0.1) is 0 Å². The summed E-state index contributed by atoms with van der Waals surface area (Å²) >= 11 is 6.46. The number of aromatic nitrogens is 1. The van der Waals surface area contributed by atoms with Gasteiger partial charge in [-0.1, -0.05) is 17.7 Å². The number of hydrogen-bond acceptors (Lipinski definition) is 4. The fourth-order valence-corrected chi connectivity index (χ4v) is 3.62. The van der Waals surface area contributed by atoms with Crippen LogP contribution in [0.25, 0.3) is 21.9 Å². The van der Waals surface area contributed by atoms with Crippen molar-refractivity contribution in [3.63, 3.8) is 0 Å². The summed E-state index contributed by atoms with van der Waals surface area (Å²) in [6.07, 6.45) is 2.24. The quantitative estimate of drug-likeness (QED) is 0.697. The van der Waals surface area contributed by atoms with Crippen LogP contribution in [0.3, 0.4) is 0 Å². The molecule has 4 rings (SSSR count). The third-order valence-electron chi connectivity index (χ3n) is 5.00. The van der Waals surface area contributed by atoms with Gasteiger partial charge in [0.25, 0.3) is 0 Å². The number of nitriles is 2. The molecule has 1 heterocycles. The summed E-state index contributed by atoms with van der Waals surface area (Å²) in [4.78, 5) is 16.5. The minimum atomic E-state index is -0.251. The van der Waals surface area contributed by atoms with Crippen LogP contribution in [0.5, 0.6) is 0 Å². The predicted octanol–water partition coefficient (Wildman–Crippen LogP) is 4.83. The molecule has 1 fully saturated rings. The number of anilines is 1. The maximum absolute atomic E-state index is 12.2. The zero-order chi connectivity index (χ0) is 19.8. The lowest BCUT2D eigenvalue weighted by atomic mass is 9.97. The summed E-state index contributed by atoms with van der Waals surface area (Å²) in [7, 11) is 0. The molecular formula is C22H15ClN4O. The van der Waals surface area contributed by atoms with Crippen molar-refractivity contribution in [1.29, 1.82) is 10.5 Å². The molecule has 136 valence electrons. The predicted molar refractivity (Wildman–Crippen MR) is 107 cm³/mol. The number of hydrogen-bond donors (Lipinski definition) is 1. The van der Waals surface area contributed by atoms with Crippen LogP contribution in [-0.4, -0.2) is 10.9 Å². The summed E-state index contributed by atoms with van der Waals surface area (Å²) in [5.41, 5.74) is 3.50. The maximum Gasteiger partial charge on any atom is 0.230 e. The van der Waals surface area contributed by atoms with Crippen molar-refractivity contribution in [2.45, 2.75) is 13.3 Å². The van der Waals surface area contributed by atoms with E-state index in [0.717, 1.165) is 27.5 Å². The number of benzene rings is 2. The lowest BCUT2D eigenvalue weighted by Crippen LogP contribution is -2.15. The van der Waals surface area contributed by atoms with Crippen molar-refractivity contribution in [2.75, 3.05) is 5.32 Å². The second-order valence-corrected chi connectivity index (χ2v) is 7.36. The standard InChI is InChI=1S/C22H15ClN4O/c1-12-4-13(9-24)2-3-17(12)14-5-15-8-21(26-11-19(15)20(23)7-14)27-22(28)18-6-16(18)10-25/h2-5,7-8,11,16,18H,6H2,1H3,(H,26,27,28)/t16-,18+/m1/s1. The zero-order valence-electron chi connectivity index (χ0n) is 15.0.